The van der Waals surface area contributed by atoms with Gasteiger partial charge in [0.25, 0.3) is 0 Å². The Balaban J connectivity index is 3.14. The molecule has 0 fully saturated rings. The number of rotatable bonds is 3. The van der Waals surface area contributed by atoms with Crippen molar-refractivity contribution in [3.05, 3.63) is 29.3 Å². The van der Waals surface area contributed by atoms with E-state index in [-0.39, 0.29) is 6.04 Å². The molecule has 3 nitrogen and oxygen atoms in total. The number of methoxy groups -OCH3 is 1. The van der Waals surface area contributed by atoms with Crippen molar-refractivity contribution in [2.45, 2.75) is 13.0 Å². The third kappa shape index (κ3) is 1.99. The number of ether oxygens (including phenoxy) is 1. The summed E-state index contributed by atoms with van der Waals surface area (Å²) in [5.41, 5.74) is 13.5. The van der Waals surface area contributed by atoms with Gasteiger partial charge in [-0.3, -0.25) is 0 Å². The van der Waals surface area contributed by atoms with E-state index in [0.717, 1.165) is 16.9 Å². The Morgan fingerprint density at radius 1 is 1.46 bits per heavy atom. The maximum atomic E-state index is 5.87. The predicted molar refractivity (Wildman–Crippen MR) is 53.7 cm³/mol. The molecule has 72 valence electrons. The topological polar surface area (TPSA) is 61.3 Å². The van der Waals surface area contributed by atoms with E-state index in [0.29, 0.717) is 6.54 Å². The molecule has 0 aliphatic carbocycles. The van der Waals surface area contributed by atoms with E-state index < -0.39 is 0 Å². The average molecular weight is 180 g/mol. The normalized spacial score (nSPS) is 12.6. The van der Waals surface area contributed by atoms with Crippen LogP contribution in [0.5, 0.6) is 5.75 Å². The SMILES string of the molecule is COc1cccc(C)c1C(N)CN. The summed E-state index contributed by atoms with van der Waals surface area (Å²) in [6, 6.07) is 5.71. The second-order valence-corrected chi connectivity index (χ2v) is 3.03. The molecule has 0 bridgehead atoms. The van der Waals surface area contributed by atoms with E-state index in [4.69, 9.17) is 16.2 Å². The van der Waals surface area contributed by atoms with Crippen molar-refractivity contribution in [1.29, 1.82) is 0 Å². The van der Waals surface area contributed by atoms with Gasteiger partial charge in [0, 0.05) is 18.2 Å². The first-order valence-electron chi connectivity index (χ1n) is 4.29. The third-order valence-electron chi connectivity index (χ3n) is 2.13. The van der Waals surface area contributed by atoms with Crippen LogP contribution in [0.3, 0.4) is 0 Å². The van der Waals surface area contributed by atoms with E-state index in [1.54, 1.807) is 7.11 Å². The molecule has 0 spiro atoms. The molecular weight excluding hydrogens is 164 g/mol. The quantitative estimate of drug-likeness (QED) is 0.728. The molecule has 0 aliphatic heterocycles. The molecule has 1 unspecified atom stereocenters. The van der Waals surface area contributed by atoms with Crippen molar-refractivity contribution in [3.63, 3.8) is 0 Å². The van der Waals surface area contributed by atoms with Crippen LogP contribution in [0.15, 0.2) is 18.2 Å². The summed E-state index contributed by atoms with van der Waals surface area (Å²) in [4.78, 5) is 0. The molecule has 0 amide bonds. The Morgan fingerprint density at radius 2 is 2.15 bits per heavy atom. The number of benzene rings is 1. The van der Waals surface area contributed by atoms with Crippen LogP contribution in [0.4, 0.5) is 0 Å². The van der Waals surface area contributed by atoms with Crippen LogP contribution in [0.2, 0.25) is 0 Å². The van der Waals surface area contributed by atoms with Gasteiger partial charge in [-0.2, -0.15) is 0 Å². The predicted octanol–water partition coefficient (Wildman–Crippen LogP) is 0.962. The molecule has 3 heteroatoms. The molecule has 0 radical (unpaired) electrons. The Kier molecular flexibility index (Phi) is 3.28. The van der Waals surface area contributed by atoms with Gasteiger partial charge in [-0.1, -0.05) is 12.1 Å². The molecule has 0 aliphatic rings. The van der Waals surface area contributed by atoms with Gasteiger partial charge >= 0.3 is 0 Å². The highest BCUT2D eigenvalue weighted by molar-refractivity contribution is 5.41. The maximum absolute atomic E-state index is 5.87. The average Bonchev–Trinajstić information content (AvgIpc) is 2.16. The summed E-state index contributed by atoms with van der Waals surface area (Å²) in [6.07, 6.45) is 0. The molecule has 0 aromatic heterocycles. The summed E-state index contributed by atoms with van der Waals surface area (Å²) in [7, 11) is 1.64. The van der Waals surface area contributed by atoms with Gasteiger partial charge in [-0.25, -0.2) is 0 Å². The minimum atomic E-state index is -0.142. The van der Waals surface area contributed by atoms with Crippen LogP contribution in [0, 0.1) is 6.92 Å². The van der Waals surface area contributed by atoms with Gasteiger partial charge in [0.1, 0.15) is 5.75 Å². The second kappa shape index (κ2) is 4.25. The van der Waals surface area contributed by atoms with Gasteiger partial charge in [-0.05, 0) is 18.6 Å². The first kappa shape index (κ1) is 10.0. The number of nitrogens with two attached hydrogens (primary N) is 2. The minimum Gasteiger partial charge on any atom is -0.496 e. The first-order valence-corrected chi connectivity index (χ1v) is 4.29. The van der Waals surface area contributed by atoms with Crippen molar-refractivity contribution in [3.8, 4) is 5.75 Å². The highest BCUT2D eigenvalue weighted by Crippen LogP contribution is 2.26. The van der Waals surface area contributed by atoms with Crippen LogP contribution >= 0.6 is 0 Å². The van der Waals surface area contributed by atoms with Crippen molar-refractivity contribution in [2.24, 2.45) is 11.5 Å². The Hall–Kier alpha value is -1.06. The molecule has 0 heterocycles. The lowest BCUT2D eigenvalue weighted by atomic mass is 10.0. The molecule has 1 rings (SSSR count). The van der Waals surface area contributed by atoms with E-state index in [9.17, 15) is 0 Å². The fourth-order valence-corrected chi connectivity index (χ4v) is 1.42. The van der Waals surface area contributed by atoms with E-state index in [2.05, 4.69) is 0 Å². The largest absolute Gasteiger partial charge is 0.496 e. The molecule has 4 N–H and O–H groups in total. The highest BCUT2D eigenvalue weighted by Gasteiger charge is 2.12. The fraction of sp³-hybridized carbons (Fsp3) is 0.400. The van der Waals surface area contributed by atoms with Gasteiger partial charge in [0.15, 0.2) is 0 Å². The molecular formula is C10H16N2O. The smallest absolute Gasteiger partial charge is 0.123 e. The van der Waals surface area contributed by atoms with Crippen molar-refractivity contribution < 1.29 is 4.74 Å². The molecule has 1 aromatic carbocycles. The second-order valence-electron chi connectivity index (χ2n) is 3.03. The first-order chi connectivity index (χ1) is 6.20. The molecule has 0 saturated heterocycles. The van der Waals surface area contributed by atoms with E-state index in [1.165, 1.54) is 0 Å². The zero-order valence-electron chi connectivity index (χ0n) is 8.08. The van der Waals surface area contributed by atoms with Crippen LogP contribution in [-0.2, 0) is 0 Å². The fourth-order valence-electron chi connectivity index (χ4n) is 1.42. The van der Waals surface area contributed by atoms with Gasteiger partial charge < -0.3 is 16.2 Å². The summed E-state index contributed by atoms with van der Waals surface area (Å²) in [6.45, 7) is 2.44. The Labute approximate surface area is 78.7 Å². The maximum Gasteiger partial charge on any atom is 0.123 e. The summed E-state index contributed by atoms with van der Waals surface area (Å²) in [5, 5.41) is 0. The lowest BCUT2D eigenvalue weighted by Crippen LogP contribution is -2.22. The van der Waals surface area contributed by atoms with Crippen molar-refractivity contribution >= 4 is 0 Å². The summed E-state index contributed by atoms with van der Waals surface area (Å²) in [5.74, 6) is 0.818. The van der Waals surface area contributed by atoms with Crippen molar-refractivity contribution in [1.82, 2.24) is 0 Å². The van der Waals surface area contributed by atoms with Crippen LogP contribution < -0.4 is 16.2 Å². The lowest BCUT2D eigenvalue weighted by Gasteiger charge is -2.16. The molecule has 0 saturated carbocycles. The lowest BCUT2D eigenvalue weighted by molar-refractivity contribution is 0.405. The standard InChI is InChI=1S/C10H16N2O/c1-7-4-3-5-9(13-2)10(7)8(12)6-11/h3-5,8H,6,11-12H2,1-2H3. The monoisotopic (exact) mass is 180 g/mol. The molecule has 1 atom stereocenters. The van der Waals surface area contributed by atoms with E-state index >= 15 is 0 Å². The Morgan fingerprint density at radius 3 is 2.69 bits per heavy atom. The zero-order valence-corrected chi connectivity index (χ0v) is 8.08. The van der Waals surface area contributed by atoms with Crippen LogP contribution in [-0.4, -0.2) is 13.7 Å². The number of hydrogen-bond donors (Lipinski definition) is 2. The number of aryl methyl sites for hydroxylation is 1. The van der Waals surface area contributed by atoms with Gasteiger partial charge in [0.05, 0.1) is 7.11 Å². The van der Waals surface area contributed by atoms with Crippen LogP contribution in [0.1, 0.15) is 17.2 Å². The Bertz CT molecular complexity index is 286. The highest BCUT2D eigenvalue weighted by atomic mass is 16.5. The molecule has 13 heavy (non-hydrogen) atoms. The minimum absolute atomic E-state index is 0.142. The molecule has 1 aromatic rings. The zero-order chi connectivity index (χ0) is 9.84. The van der Waals surface area contributed by atoms with Crippen molar-refractivity contribution in [2.75, 3.05) is 13.7 Å². The van der Waals surface area contributed by atoms with Gasteiger partial charge in [-0.15, -0.1) is 0 Å². The summed E-state index contributed by atoms with van der Waals surface area (Å²) >= 11 is 0. The van der Waals surface area contributed by atoms with E-state index in [1.807, 2.05) is 25.1 Å². The summed E-state index contributed by atoms with van der Waals surface area (Å²) < 4.78 is 5.21. The third-order valence-corrected chi connectivity index (χ3v) is 2.13. The van der Waals surface area contributed by atoms with Crippen LogP contribution in [0.25, 0.3) is 0 Å². The number of hydrogen-bond acceptors (Lipinski definition) is 3. The van der Waals surface area contributed by atoms with Gasteiger partial charge in [0.2, 0.25) is 0 Å².